The van der Waals surface area contributed by atoms with Gasteiger partial charge in [0.05, 0.1) is 5.69 Å². The topological polar surface area (TPSA) is 89.6 Å². The number of carbonyl (C=O) groups is 2. The van der Waals surface area contributed by atoms with Crippen molar-refractivity contribution in [3.05, 3.63) is 57.5 Å². The Bertz CT molecular complexity index is 984. The first-order chi connectivity index (χ1) is 13.4. The first-order valence-corrected chi connectivity index (χ1v) is 9.36. The van der Waals surface area contributed by atoms with E-state index in [1.165, 1.54) is 6.07 Å². The van der Waals surface area contributed by atoms with Gasteiger partial charge in [-0.05, 0) is 18.1 Å². The molecule has 2 aliphatic heterocycles. The van der Waals surface area contributed by atoms with Crippen LogP contribution in [0, 0.1) is 0 Å². The van der Waals surface area contributed by atoms with E-state index < -0.39 is 0 Å². The van der Waals surface area contributed by atoms with Crippen molar-refractivity contribution in [2.45, 2.75) is 18.9 Å². The number of aromatic nitrogens is 2. The molecule has 1 aromatic carbocycles. The van der Waals surface area contributed by atoms with Crippen LogP contribution in [0.5, 0.6) is 0 Å². The molecule has 0 spiro atoms. The second-order valence-corrected chi connectivity index (χ2v) is 7.53. The maximum atomic E-state index is 12.8. The standard InChI is InChI=1S/C20H23N5O3/c1-23(2)20-21-16(9-17(26)22-20)14-7-8-24(11-14)18(27)12-25-10-13-5-3-4-6-15(13)19(25)28/h3-6,9,14H,7-8,10-12H2,1-2H3,(H,21,22,26)/t14-/m0/s1. The molecule has 1 saturated heterocycles. The number of amides is 2. The lowest BCUT2D eigenvalue weighted by molar-refractivity contribution is -0.130. The number of benzene rings is 1. The fourth-order valence-corrected chi connectivity index (χ4v) is 3.82. The van der Waals surface area contributed by atoms with Crippen molar-refractivity contribution in [3.63, 3.8) is 0 Å². The Hall–Kier alpha value is -3.16. The van der Waals surface area contributed by atoms with Crippen LogP contribution in [-0.4, -0.2) is 65.3 Å². The van der Waals surface area contributed by atoms with Gasteiger partial charge in [0, 0.05) is 51.3 Å². The molecule has 0 saturated carbocycles. The van der Waals surface area contributed by atoms with Gasteiger partial charge in [0.1, 0.15) is 6.54 Å². The molecular formula is C20H23N5O3. The highest BCUT2D eigenvalue weighted by molar-refractivity contribution is 6.00. The molecular weight excluding hydrogens is 358 g/mol. The number of aromatic amines is 1. The van der Waals surface area contributed by atoms with E-state index in [9.17, 15) is 14.4 Å². The van der Waals surface area contributed by atoms with E-state index in [2.05, 4.69) is 9.97 Å². The van der Waals surface area contributed by atoms with Crippen LogP contribution in [0.1, 0.15) is 34.0 Å². The van der Waals surface area contributed by atoms with Gasteiger partial charge in [-0.15, -0.1) is 0 Å². The molecule has 2 aromatic rings. The van der Waals surface area contributed by atoms with Gasteiger partial charge >= 0.3 is 0 Å². The number of H-pyrrole nitrogens is 1. The first kappa shape index (κ1) is 18.2. The average molecular weight is 381 g/mol. The van der Waals surface area contributed by atoms with Gasteiger partial charge in [-0.1, -0.05) is 18.2 Å². The minimum Gasteiger partial charge on any atom is -0.348 e. The highest BCUT2D eigenvalue weighted by Crippen LogP contribution is 2.27. The number of rotatable bonds is 4. The third-order valence-corrected chi connectivity index (χ3v) is 5.35. The van der Waals surface area contributed by atoms with Gasteiger partial charge in [0.25, 0.3) is 11.5 Å². The van der Waals surface area contributed by atoms with Crippen LogP contribution < -0.4 is 10.5 Å². The SMILES string of the molecule is CN(C)c1nc([C@H]2CCN(C(=O)CN3Cc4ccccc4C3=O)C2)cc(=O)[nH]1. The maximum absolute atomic E-state index is 12.8. The molecule has 146 valence electrons. The Kier molecular flexibility index (Phi) is 4.62. The van der Waals surface area contributed by atoms with Crippen molar-refractivity contribution >= 4 is 17.8 Å². The van der Waals surface area contributed by atoms with E-state index in [-0.39, 0.29) is 29.8 Å². The summed E-state index contributed by atoms with van der Waals surface area (Å²) >= 11 is 0. The van der Waals surface area contributed by atoms with Crippen molar-refractivity contribution in [1.82, 2.24) is 19.8 Å². The smallest absolute Gasteiger partial charge is 0.254 e. The summed E-state index contributed by atoms with van der Waals surface area (Å²) in [6.45, 7) is 1.66. The molecule has 0 unspecified atom stereocenters. The molecule has 0 aliphatic carbocycles. The second kappa shape index (κ2) is 7.10. The highest BCUT2D eigenvalue weighted by atomic mass is 16.2. The molecule has 1 fully saturated rings. The number of nitrogens with zero attached hydrogens (tertiary/aromatic N) is 4. The van der Waals surface area contributed by atoms with E-state index in [0.29, 0.717) is 36.8 Å². The molecule has 2 amide bonds. The largest absolute Gasteiger partial charge is 0.348 e. The molecule has 0 bridgehead atoms. The summed E-state index contributed by atoms with van der Waals surface area (Å²) in [4.78, 5) is 49.5. The Morgan fingerprint density at radius 2 is 2.07 bits per heavy atom. The van der Waals surface area contributed by atoms with E-state index in [1.54, 1.807) is 20.8 Å². The van der Waals surface area contributed by atoms with Crippen molar-refractivity contribution in [2.24, 2.45) is 0 Å². The fourth-order valence-electron chi connectivity index (χ4n) is 3.82. The molecule has 28 heavy (non-hydrogen) atoms. The van der Waals surface area contributed by atoms with Gasteiger partial charge in [0.15, 0.2) is 0 Å². The van der Waals surface area contributed by atoms with Crippen LogP contribution in [0.2, 0.25) is 0 Å². The van der Waals surface area contributed by atoms with E-state index in [4.69, 9.17) is 0 Å². The lowest BCUT2D eigenvalue weighted by atomic mass is 10.1. The third-order valence-electron chi connectivity index (χ3n) is 5.35. The summed E-state index contributed by atoms with van der Waals surface area (Å²) in [7, 11) is 3.63. The summed E-state index contributed by atoms with van der Waals surface area (Å²) in [5.41, 5.74) is 2.15. The molecule has 0 radical (unpaired) electrons. The molecule has 1 aromatic heterocycles. The summed E-state index contributed by atoms with van der Waals surface area (Å²) in [5.74, 6) is 0.372. The monoisotopic (exact) mass is 381 g/mol. The number of hydrogen-bond acceptors (Lipinski definition) is 5. The van der Waals surface area contributed by atoms with Crippen LogP contribution >= 0.6 is 0 Å². The maximum Gasteiger partial charge on any atom is 0.254 e. The summed E-state index contributed by atoms with van der Waals surface area (Å²) < 4.78 is 0. The second-order valence-electron chi connectivity index (χ2n) is 7.53. The van der Waals surface area contributed by atoms with Crippen LogP contribution in [0.15, 0.2) is 35.1 Å². The predicted molar refractivity (Wildman–Crippen MR) is 104 cm³/mol. The van der Waals surface area contributed by atoms with Gasteiger partial charge in [-0.25, -0.2) is 4.98 Å². The summed E-state index contributed by atoms with van der Waals surface area (Å²) in [6, 6.07) is 8.97. The van der Waals surface area contributed by atoms with Gasteiger partial charge in [0.2, 0.25) is 11.9 Å². The zero-order chi connectivity index (χ0) is 19.8. The van der Waals surface area contributed by atoms with Gasteiger partial charge in [-0.3, -0.25) is 19.4 Å². The van der Waals surface area contributed by atoms with E-state index in [0.717, 1.165) is 12.0 Å². The number of anilines is 1. The van der Waals surface area contributed by atoms with E-state index >= 15 is 0 Å². The van der Waals surface area contributed by atoms with Crippen LogP contribution in [0.25, 0.3) is 0 Å². The van der Waals surface area contributed by atoms with Crippen LogP contribution in [0.4, 0.5) is 5.95 Å². The summed E-state index contributed by atoms with van der Waals surface area (Å²) in [6.07, 6.45) is 0.753. The predicted octanol–water partition coefficient (Wildman–Crippen LogP) is 0.808. The number of hydrogen-bond donors (Lipinski definition) is 1. The number of likely N-dealkylation sites (tertiary alicyclic amines) is 1. The number of nitrogens with one attached hydrogen (secondary N) is 1. The van der Waals surface area contributed by atoms with Crippen molar-refractivity contribution in [2.75, 3.05) is 38.6 Å². The molecule has 2 aliphatic rings. The van der Waals surface area contributed by atoms with Gasteiger partial charge < -0.3 is 14.7 Å². The quantitative estimate of drug-likeness (QED) is 0.847. The minimum absolute atomic E-state index is 0.0245. The molecule has 4 rings (SSSR count). The van der Waals surface area contributed by atoms with Crippen molar-refractivity contribution < 1.29 is 9.59 Å². The Morgan fingerprint density at radius 1 is 1.29 bits per heavy atom. The molecule has 8 heteroatoms. The normalized spacial score (nSPS) is 18.5. The third kappa shape index (κ3) is 3.37. The lowest BCUT2D eigenvalue weighted by Gasteiger charge is -2.21. The van der Waals surface area contributed by atoms with E-state index in [1.807, 2.05) is 32.3 Å². The van der Waals surface area contributed by atoms with Crippen molar-refractivity contribution in [1.29, 1.82) is 0 Å². The first-order valence-electron chi connectivity index (χ1n) is 9.36. The Labute approximate surface area is 162 Å². The lowest BCUT2D eigenvalue weighted by Crippen LogP contribution is -2.39. The van der Waals surface area contributed by atoms with Crippen LogP contribution in [0.3, 0.4) is 0 Å². The Morgan fingerprint density at radius 3 is 2.82 bits per heavy atom. The van der Waals surface area contributed by atoms with Gasteiger partial charge in [-0.2, -0.15) is 0 Å². The number of carbonyl (C=O) groups excluding carboxylic acids is 2. The summed E-state index contributed by atoms with van der Waals surface area (Å²) in [5, 5.41) is 0. The molecule has 1 atom stereocenters. The average Bonchev–Trinajstić information content (AvgIpc) is 3.27. The van der Waals surface area contributed by atoms with Crippen LogP contribution in [-0.2, 0) is 11.3 Å². The Balaban J connectivity index is 1.42. The zero-order valence-corrected chi connectivity index (χ0v) is 16.0. The minimum atomic E-state index is -0.195. The number of fused-ring (bicyclic) bond motifs is 1. The highest BCUT2D eigenvalue weighted by Gasteiger charge is 2.33. The fraction of sp³-hybridized carbons (Fsp3) is 0.400. The molecule has 1 N–H and O–H groups in total. The molecule has 8 nitrogen and oxygen atoms in total. The molecule has 3 heterocycles. The zero-order valence-electron chi connectivity index (χ0n) is 16.0. The van der Waals surface area contributed by atoms with Crippen molar-refractivity contribution in [3.8, 4) is 0 Å².